The molecule has 4 rings (SSSR count). The van der Waals surface area contributed by atoms with Crippen molar-refractivity contribution in [2.24, 2.45) is 0 Å². The van der Waals surface area contributed by atoms with E-state index in [1.807, 2.05) is 48.5 Å². The van der Waals surface area contributed by atoms with E-state index in [0.717, 1.165) is 28.4 Å². The summed E-state index contributed by atoms with van der Waals surface area (Å²) in [5, 5.41) is 4.05. The number of halogens is 1. The lowest BCUT2D eigenvalue weighted by Crippen LogP contribution is -2.29. The van der Waals surface area contributed by atoms with E-state index in [-0.39, 0.29) is 5.91 Å². The molecular formula is C21H18ClN3O. The van der Waals surface area contributed by atoms with E-state index in [4.69, 9.17) is 11.6 Å². The van der Waals surface area contributed by atoms with Crippen molar-refractivity contribution in [3.63, 3.8) is 0 Å². The second-order valence-electron chi connectivity index (χ2n) is 6.25. The zero-order valence-corrected chi connectivity index (χ0v) is 14.9. The van der Waals surface area contributed by atoms with Gasteiger partial charge in [0.15, 0.2) is 0 Å². The Morgan fingerprint density at radius 2 is 1.92 bits per heavy atom. The van der Waals surface area contributed by atoms with Crippen LogP contribution in [0.4, 0.5) is 11.4 Å². The number of benzene rings is 2. The van der Waals surface area contributed by atoms with Gasteiger partial charge in [0.2, 0.25) is 0 Å². The summed E-state index contributed by atoms with van der Waals surface area (Å²) in [6.07, 6.45) is 2.55. The molecule has 0 saturated carbocycles. The number of hydrogen-bond donors (Lipinski definition) is 1. The molecule has 2 heterocycles. The minimum Gasteiger partial charge on any atom is -0.381 e. The molecule has 3 aromatic rings. The number of carbonyl (C=O) groups is 1. The van der Waals surface area contributed by atoms with Crippen LogP contribution in [0.25, 0.3) is 0 Å². The van der Waals surface area contributed by atoms with Gasteiger partial charge < -0.3 is 10.2 Å². The highest BCUT2D eigenvalue weighted by molar-refractivity contribution is 6.30. The quantitative estimate of drug-likeness (QED) is 0.739. The second-order valence-corrected chi connectivity index (χ2v) is 6.68. The Hall–Kier alpha value is -2.85. The lowest BCUT2D eigenvalue weighted by molar-refractivity contribution is 0.0984. The Kier molecular flexibility index (Phi) is 4.59. The molecule has 0 saturated heterocycles. The van der Waals surface area contributed by atoms with Crippen LogP contribution in [0.3, 0.4) is 0 Å². The standard InChI is InChI=1S/C21H18ClN3O/c22-17-7-5-15(6-8-17)14-24-18-9-11-23-19(13-18)21(26)25-12-10-16-3-1-2-4-20(16)25/h1-9,11,13H,10,12,14H2,(H,23,24). The van der Waals surface area contributed by atoms with Crippen LogP contribution < -0.4 is 10.2 Å². The maximum atomic E-state index is 12.9. The molecule has 1 aromatic heterocycles. The fraction of sp³-hybridized carbons (Fsp3) is 0.143. The summed E-state index contributed by atoms with van der Waals surface area (Å²) in [5.41, 5.74) is 4.62. The monoisotopic (exact) mass is 363 g/mol. The number of rotatable bonds is 4. The van der Waals surface area contributed by atoms with E-state index in [9.17, 15) is 4.79 Å². The molecule has 0 atom stereocenters. The van der Waals surface area contributed by atoms with Crippen LogP contribution >= 0.6 is 11.6 Å². The number of nitrogens with zero attached hydrogens (tertiary/aromatic N) is 2. The number of carbonyl (C=O) groups excluding carboxylic acids is 1. The molecule has 0 fully saturated rings. The van der Waals surface area contributed by atoms with Gasteiger partial charge in [-0.15, -0.1) is 0 Å². The Balaban J connectivity index is 1.49. The van der Waals surface area contributed by atoms with Crippen molar-refractivity contribution >= 4 is 28.9 Å². The lowest BCUT2D eigenvalue weighted by atomic mass is 10.2. The van der Waals surface area contributed by atoms with E-state index in [1.165, 1.54) is 5.56 Å². The third-order valence-corrected chi connectivity index (χ3v) is 4.77. The van der Waals surface area contributed by atoms with Crippen LogP contribution in [0.5, 0.6) is 0 Å². The van der Waals surface area contributed by atoms with Crippen molar-refractivity contribution < 1.29 is 4.79 Å². The van der Waals surface area contributed by atoms with Crippen LogP contribution in [-0.4, -0.2) is 17.4 Å². The number of pyridine rings is 1. The molecule has 0 aliphatic carbocycles. The predicted molar refractivity (Wildman–Crippen MR) is 105 cm³/mol. The first-order valence-electron chi connectivity index (χ1n) is 8.55. The minimum atomic E-state index is -0.0647. The molecule has 1 N–H and O–H groups in total. The number of aromatic nitrogens is 1. The molecule has 1 aliphatic heterocycles. The lowest BCUT2D eigenvalue weighted by Gasteiger charge is -2.17. The van der Waals surface area contributed by atoms with Crippen LogP contribution in [0.2, 0.25) is 5.02 Å². The molecule has 1 amide bonds. The highest BCUT2D eigenvalue weighted by Gasteiger charge is 2.25. The Bertz CT molecular complexity index is 940. The minimum absolute atomic E-state index is 0.0647. The van der Waals surface area contributed by atoms with Crippen molar-refractivity contribution in [3.05, 3.63) is 88.7 Å². The molecule has 1 aliphatic rings. The zero-order chi connectivity index (χ0) is 17.9. The molecule has 2 aromatic carbocycles. The zero-order valence-electron chi connectivity index (χ0n) is 14.2. The molecule has 4 nitrogen and oxygen atoms in total. The van der Waals surface area contributed by atoms with Crippen molar-refractivity contribution in [3.8, 4) is 0 Å². The summed E-state index contributed by atoms with van der Waals surface area (Å²) < 4.78 is 0. The van der Waals surface area contributed by atoms with Crippen LogP contribution in [0.15, 0.2) is 66.9 Å². The van der Waals surface area contributed by atoms with Gasteiger partial charge in [-0.25, -0.2) is 0 Å². The van der Waals surface area contributed by atoms with Crippen LogP contribution in [0, 0.1) is 0 Å². The van der Waals surface area contributed by atoms with Gasteiger partial charge in [0.1, 0.15) is 5.69 Å². The molecule has 26 heavy (non-hydrogen) atoms. The van der Waals surface area contributed by atoms with E-state index in [2.05, 4.69) is 16.4 Å². The Morgan fingerprint density at radius 1 is 1.12 bits per heavy atom. The second kappa shape index (κ2) is 7.18. The maximum absolute atomic E-state index is 12.9. The fourth-order valence-corrected chi connectivity index (χ4v) is 3.28. The van der Waals surface area contributed by atoms with Gasteiger partial charge in [0, 0.05) is 35.7 Å². The molecule has 0 spiro atoms. The van der Waals surface area contributed by atoms with E-state index in [1.54, 1.807) is 17.2 Å². The topological polar surface area (TPSA) is 45.2 Å². The van der Waals surface area contributed by atoms with Crippen molar-refractivity contribution in [2.75, 3.05) is 16.8 Å². The summed E-state index contributed by atoms with van der Waals surface area (Å²) in [4.78, 5) is 19.0. The Morgan fingerprint density at radius 3 is 2.77 bits per heavy atom. The van der Waals surface area contributed by atoms with E-state index in [0.29, 0.717) is 18.8 Å². The van der Waals surface area contributed by atoms with Crippen molar-refractivity contribution in [1.82, 2.24) is 4.98 Å². The first-order chi connectivity index (χ1) is 12.7. The number of anilines is 2. The van der Waals surface area contributed by atoms with Crippen molar-refractivity contribution in [2.45, 2.75) is 13.0 Å². The largest absolute Gasteiger partial charge is 0.381 e. The van der Waals surface area contributed by atoms with Gasteiger partial charge in [-0.3, -0.25) is 9.78 Å². The van der Waals surface area contributed by atoms with Gasteiger partial charge >= 0.3 is 0 Å². The highest BCUT2D eigenvalue weighted by Crippen LogP contribution is 2.28. The first-order valence-corrected chi connectivity index (χ1v) is 8.93. The van der Waals surface area contributed by atoms with Crippen LogP contribution in [0.1, 0.15) is 21.6 Å². The number of fused-ring (bicyclic) bond motifs is 1. The Labute approximate surface area is 157 Å². The van der Waals surface area contributed by atoms with Gasteiger partial charge in [-0.05, 0) is 47.9 Å². The van der Waals surface area contributed by atoms with E-state index < -0.39 is 0 Å². The molecule has 0 unspecified atom stereocenters. The van der Waals surface area contributed by atoms with Gasteiger partial charge in [0.05, 0.1) is 0 Å². The summed E-state index contributed by atoms with van der Waals surface area (Å²) >= 11 is 5.91. The maximum Gasteiger partial charge on any atom is 0.276 e. The molecule has 130 valence electrons. The highest BCUT2D eigenvalue weighted by atomic mass is 35.5. The van der Waals surface area contributed by atoms with Gasteiger partial charge in [-0.1, -0.05) is 41.9 Å². The molecular weight excluding hydrogens is 346 g/mol. The molecule has 5 heteroatoms. The predicted octanol–water partition coefficient (Wildman–Crippen LogP) is 4.55. The number of nitrogens with one attached hydrogen (secondary N) is 1. The summed E-state index contributed by atoms with van der Waals surface area (Å²) in [5.74, 6) is -0.0647. The number of para-hydroxylation sites is 1. The van der Waals surface area contributed by atoms with E-state index >= 15 is 0 Å². The first kappa shape index (κ1) is 16.6. The molecule has 0 radical (unpaired) electrons. The number of hydrogen-bond acceptors (Lipinski definition) is 3. The third kappa shape index (κ3) is 3.41. The van der Waals surface area contributed by atoms with Crippen molar-refractivity contribution in [1.29, 1.82) is 0 Å². The molecule has 0 bridgehead atoms. The summed E-state index contributed by atoms with van der Waals surface area (Å²) in [7, 11) is 0. The summed E-state index contributed by atoms with van der Waals surface area (Å²) in [6.45, 7) is 1.35. The van der Waals surface area contributed by atoms with Crippen LogP contribution in [-0.2, 0) is 13.0 Å². The number of amides is 1. The average Bonchev–Trinajstić information content (AvgIpc) is 3.11. The fourth-order valence-electron chi connectivity index (χ4n) is 3.15. The smallest absolute Gasteiger partial charge is 0.276 e. The van der Waals surface area contributed by atoms with Gasteiger partial charge in [-0.2, -0.15) is 0 Å². The normalized spacial score (nSPS) is 12.7. The summed E-state index contributed by atoms with van der Waals surface area (Å²) in [6, 6.07) is 19.4. The van der Waals surface area contributed by atoms with Gasteiger partial charge in [0.25, 0.3) is 5.91 Å². The third-order valence-electron chi connectivity index (χ3n) is 4.52. The SMILES string of the molecule is O=C(c1cc(NCc2ccc(Cl)cc2)ccn1)N1CCc2ccccc21. The average molecular weight is 364 g/mol.